The molecule has 0 bridgehead atoms. The van der Waals surface area contributed by atoms with Crippen LogP contribution in [0.2, 0.25) is 0 Å². The van der Waals surface area contributed by atoms with Gasteiger partial charge in [0.25, 0.3) is 11.5 Å². The Hall–Kier alpha value is -2.56. The molecule has 3 rings (SSSR count). The van der Waals surface area contributed by atoms with Gasteiger partial charge in [-0.1, -0.05) is 12.1 Å². The molecule has 5 heteroatoms. The fraction of sp³-hybridized carbons (Fsp3) is 0.333. The summed E-state index contributed by atoms with van der Waals surface area (Å²) in [6.07, 6.45) is 1.90. The predicted molar refractivity (Wildman–Crippen MR) is 87.5 cm³/mol. The van der Waals surface area contributed by atoms with Gasteiger partial charge < -0.3 is 15.0 Å². The van der Waals surface area contributed by atoms with Gasteiger partial charge in [0.2, 0.25) is 0 Å². The van der Waals surface area contributed by atoms with Gasteiger partial charge in [-0.05, 0) is 56.0 Å². The lowest BCUT2D eigenvalue weighted by Crippen LogP contribution is -2.37. The zero-order valence-corrected chi connectivity index (χ0v) is 13.3. The number of H-pyrrole nitrogens is 1. The van der Waals surface area contributed by atoms with Crippen LogP contribution >= 0.6 is 0 Å². The maximum Gasteiger partial charge on any atom is 0.261 e. The van der Waals surface area contributed by atoms with Crippen LogP contribution < -0.4 is 5.56 Å². The van der Waals surface area contributed by atoms with E-state index >= 15 is 0 Å². The molecular weight excluding hydrogens is 292 g/mol. The molecule has 1 heterocycles. The highest BCUT2D eigenvalue weighted by Gasteiger charge is 2.34. The van der Waals surface area contributed by atoms with Gasteiger partial charge in [-0.15, -0.1) is 0 Å². The van der Waals surface area contributed by atoms with E-state index in [-0.39, 0.29) is 28.8 Å². The number of phenols is 1. The van der Waals surface area contributed by atoms with Crippen LogP contribution in [0.4, 0.5) is 0 Å². The molecule has 2 aromatic rings. The summed E-state index contributed by atoms with van der Waals surface area (Å²) in [6.45, 7) is 3.98. The second-order valence-electron chi connectivity index (χ2n) is 6.17. The summed E-state index contributed by atoms with van der Waals surface area (Å²) in [4.78, 5) is 29.6. The molecule has 1 saturated carbocycles. The zero-order chi connectivity index (χ0) is 16.6. The highest BCUT2D eigenvalue weighted by molar-refractivity contribution is 5.95. The molecule has 0 atom stereocenters. The van der Waals surface area contributed by atoms with Crippen molar-refractivity contribution >= 4 is 5.91 Å². The van der Waals surface area contributed by atoms with Gasteiger partial charge in [-0.3, -0.25) is 9.59 Å². The molecule has 1 fully saturated rings. The van der Waals surface area contributed by atoms with Crippen LogP contribution in [-0.4, -0.2) is 26.9 Å². The summed E-state index contributed by atoms with van der Waals surface area (Å²) in [5.74, 6) is -0.0651. The van der Waals surface area contributed by atoms with Gasteiger partial charge in [0, 0.05) is 18.3 Å². The Morgan fingerprint density at radius 1 is 1.30 bits per heavy atom. The van der Waals surface area contributed by atoms with Gasteiger partial charge >= 0.3 is 0 Å². The first-order valence-electron chi connectivity index (χ1n) is 7.75. The maximum absolute atomic E-state index is 12.9. The lowest BCUT2D eigenvalue weighted by Gasteiger charge is -2.23. The van der Waals surface area contributed by atoms with E-state index in [9.17, 15) is 14.7 Å². The molecule has 0 radical (unpaired) electrons. The van der Waals surface area contributed by atoms with Crippen molar-refractivity contribution in [3.8, 4) is 5.75 Å². The van der Waals surface area contributed by atoms with Gasteiger partial charge in [-0.25, -0.2) is 0 Å². The molecule has 0 spiro atoms. The standard InChI is InChI=1S/C18H20N2O3/c1-11-8-12(2)19-17(22)16(11)18(23)20(14-6-7-14)10-13-4-3-5-15(21)9-13/h3-5,8-9,14,21H,6-7,10H2,1-2H3,(H,19,22). The number of hydrogen-bond acceptors (Lipinski definition) is 3. The van der Waals surface area contributed by atoms with E-state index in [1.807, 2.05) is 12.1 Å². The Labute approximate surface area is 134 Å². The Balaban J connectivity index is 1.93. The van der Waals surface area contributed by atoms with E-state index in [2.05, 4.69) is 4.98 Å². The minimum absolute atomic E-state index is 0.171. The van der Waals surface area contributed by atoms with Crippen molar-refractivity contribution in [2.75, 3.05) is 0 Å². The normalized spacial score (nSPS) is 13.8. The van der Waals surface area contributed by atoms with Gasteiger partial charge in [0.05, 0.1) is 0 Å². The second-order valence-corrected chi connectivity index (χ2v) is 6.17. The van der Waals surface area contributed by atoms with E-state index in [1.165, 1.54) is 0 Å². The predicted octanol–water partition coefficient (Wildman–Crippen LogP) is 2.50. The number of rotatable bonds is 4. The quantitative estimate of drug-likeness (QED) is 0.911. The first kappa shape index (κ1) is 15.3. The minimum Gasteiger partial charge on any atom is -0.508 e. The zero-order valence-electron chi connectivity index (χ0n) is 13.3. The third-order valence-corrected chi connectivity index (χ3v) is 4.09. The van der Waals surface area contributed by atoms with Crippen LogP contribution in [-0.2, 0) is 6.54 Å². The molecule has 0 aliphatic heterocycles. The molecule has 1 aliphatic rings. The molecule has 5 nitrogen and oxygen atoms in total. The number of aromatic amines is 1. The number of aromatic nitrogens is 1. The van der Waals surface area contributed by atoms with Crippen molar-refractivity contribution in [3.05, 3.63) is 63.1 Å². The van der Waals surface area contributed by atoms with Gasteiger partial charge in [0.15, 0.2) is 0 Å². The number of pyridine rings is 1. The number of aromatic hydroxyl groups is 1. The fourth-order valence-electron chi connectivity index (χ4n) is 2.87. The summed E-state index contributed by atoms with van der Waals surface area (Å²) in [5, 5.41) is 9.60. The smallest absolute Gasteiger partial charge is 0.261 e. The summed E-state index contributed by atoms with van der Waals surface area (Å²) in [6, 6.07) is 8.86. The summed E-state index contributed by atoms with van der Waals surface area (Å²) < 4.78 is 0. The number of amides is 1. The fourth-order valence-corrected chi connectivity index (χ4v) is 2.87. The van der Waals surface area contributed by atoms with Crippen molar-refractivity contribution in [2.45, 2.75) is 39.3 Å². The monoisotopic (exact) mass is 312 g/mol. The van der Waals surface area contributed by atoms with Crippen LogP contribution in [0.5, 0.6) is 5.75 Å². The van der Waals surface area contributed by atoms with Crippen LogP contribution in [0.15, 0.2) is 35.1 Å². The van der Waals surface area contributed by atoms with E-state index in [1.54, 1.807) is 36.9 Å². The third kappa shape index (κ3) is 3.28. The van der Waals surface area contributed by atoms with Crippen molar-refractivity contribution in [1.29, 1.82) is 0 Å². The van der Waals surface area contributed by atoms with Crippen molar-refractivity contribution in [2.24, 2.45) is 0 Å². The SMILES string of the molecule is Cc1cc(C)c(C(=O)N(Cc2cccc(O)c2)C2CC2)c(=O)[nH]1. The highest BCUT2D eigenvalue weighted by Crippen LogP contribution is 2.30. The largest absolute Gasteiger partial charge is 0.508 e. The number of carbonyl (C=O) groups excluding carboxylic acids is 1. The minimum atomic E-state index is -0.339. The molecule has 2 N–H and O–H groups in total. The number of benzene rings is 1. The number of nitrogens with zero attached hydrogens (tertiary/aromatic N) is 1. The molecule has 0 unspecified atom stereocenters. The molecule has 120 valence electrons. The average molecular weight is 312 g/mol. The maximum atomic E-state index is 12.9. The number of hydrogen-bond donors (Lipinski definition) is 2. The van der Waals surface area contributed by atoms with Crippen LogP contribution in [0.3, 0.4) is 0 Å². The van der Waals surface area contributed by atoms with Crippen molar-refractivity contribution in [1.82, 2.24) is 9.88 Å². The molecule has 1 aliphatic carbocycles. The Kier molecular flexibility index (Phi) is 3.94. The van der Waals surface area contributed by atoms with E-state index < -0.39 is 0 Å². The van der Waals surface area contributed by atoms with Gasteiger partial charge in [-0.2, -0.15) is 0 Å². The molecular formula is C18H20N2O3. The molecule has 0 saturated heterocycles. The highest BCUT2D eigenvalue weighted by atomic mass is 16.3. The molecule has 1 amide bonds. The summed E-state index contributed by atoms with van der Waals surface area (Å²) >= 11 is 0. The Morgan fingerprint density at radius 3 is 2.65 bits per heavy atom. The second kappa shape index (κ2) is 5.91. The van der Waals surface area contributed by atoms with E-state index in [4.69, 9.17) is 0 Å². The number of carbonyl (C=O) groups is 1. The first-order chi connectivity index (χ1) is 11.0. The lowest BCUT2D eigenvalue weighted by molar-refractivity contribution is 0.0727. The van der Waals surface area contributed by atoms with Crippen LogP contribution in [0.25, 0.3) is 0 Å². The van der Waals surface area contributed by atoms with Crippen LogP contribution in [0, 0.1) is 13.8 Å². The average Bonchev–Trinajstić information content (AvgIpc) is 3.28. The molecule has 23 heavy (non-hydrogen) atoms. The van der Waals surface area contributed by atoms with Crippen LogP contribution in [0.1, 0.15) is 40.0 Å². The van der Waals surface area contributed by atoms with E-state index in [0.717, 1.165) is 24.1 Å². The number of aryl methyl sites for hydroxylation is 2. The Bertz CT molecular complexity index is 806. The first-order valence-corrected chi connectivity index (χ1v) is 7.75. The van der Waals surface area contributed by atoms with Gasteiger partial charge in [0.1, 0.15) is 11.3 Å². The third-order valence-electron chi connectivity index (χ3n) is 4.09. The van der Waals surface area contributed by atoms with Crippen molar-refractivity contribution in [3.63, 3.8) is 0 Å². The van der Waals surface area contributed by atoms with E-state index in [0.29, 0.717) is 12.1 Å². The number of phenolic OH excluding ortho intramolecular Hbond substituents is 1. The lowest BCUT2D eigenvalue weighted by atomic mass is 10.1. The Morgan fingerprint density at radius 2 is 2.04 bits per heavy atom. The van der Waals surface area contributed by atoms with Crippen molar-refractivity contribution < 1.29 is 9.90 Å². The number of nitrogens with one attached hydrogen (secondary N) is 1. The molecule has 1 aromatic carbocycles. The summed E-state index contributed by atoms with van der Waals surface area (Å²) in [7, 11) is 0. The summed E-state index contributed by atoms with van der Waals surface area (Å²) in [5.41, 5.74) is 2.16. The topological polar surface area (TPSA) is 73.4 Å². The molecule has 1 aromatic heterocycles.